The Balaban J connectivity index is 2.34. The van der Waals surface area contributed by atoms with E-state index in [0.717, 1.165) is 36.8 Å². The van der Waals surface area contributed by atoms with Crippen LogP contribution < -0.4 is 5.32 Å². The van der Waals surface area contributed by atoms with E-state index in [1.54, 1.807) is 0 Å². The molecule has 0 saturated carbocycles. The number of halogens is 1. The molecule has 0 spiro atoms. The van der Waals surface area contributed by atoms with Gasteiger partial charge in [0, 0.05) is 24.5 Å². The van der Waals surface area contributed by atoms with Crippen molar-refractivity contribution in [2.45, 2.75) is 52.3 Å². The summed E-state index contributed by atoms with van der Waals surface area (Å²) in [5, 5.41) is 4.27. The van der Waals surface area contributed by atoms with Crippen molar-refractivity contribution in [2.75, 3.05) is 11.9 Å². The third kappa shape index (κ3) is 6.22. The van der Waals surface area contributed by atoms with Gasteiger partial charge >= 0.3 is 0 Å². The van der Waals surface area contributed by atoms with Crippen LogP contribution in [-0.2, 0) is 6.42 Å². The summed E-state index contributed by atoms with van der Waals surface area (Å²) in [5.74, 6) is 0.932. The Hall–Kier alpha value is -0.350. The number of anilines is 1. The second kappa shape index (κ2) is 6.55. The van der Waals surface area contributed by atoms with Crippen molar-refractivity contribution in [3.63, 3.8) is 0 Å². The van der Waals surface area contributed by atoms with Gasteiger partial charge in [0.2, 0.25) is 5.13 Å². The Bertz CT molecular complexity index is 333. The number of aromatic nitrogens is 2. The summed E-state index contributed by atoms with van der Waals surface area (Å²) < 4.78 is 4.28. The van der Waals surface area contributed by atoms with Crippen LogP contribution in [0.1, 0.15) is 46.4 Å². The van der Waals surface area contributed by atoms with Gasteiger partial charge in [-0.1, -0.05) is 27.7 Å². The zero-order valence-electron chi connectivity index (χ0n) is 11.1. The highest BCUT2D eigenvalue weighted by Gasteiger charge is 2.17. The number of nitrogens with zero attached hydrogens (tertiary/aromatic N) is 2. The van der Waals surface area contributed by atoms with Gasteiger partial charge in [0.25, 0.3) is 0 Å². The predicted molar refractivity (Wildman–Crippen MR) is 76.1 cm³/mol. The maximum Gasteiger partial charge on any atom is 0.202 e. The van der Waals surface area contributed by atoms with Crippen LogP contribution >= 0.6 is 23.1 Å². The smallest absolute Gasteiger partial charge is 0.202 e. The summed E-state index contributed by atoms with van der Waals surface area (Å²) in [6.45, 7) is 9.48. The highest BCUT2D eigenvalue weighted by atomic mass is 35.5. The minimum Gasteiger partial charge on any atom is -0.359 e. The molecule has 0 amide bonds. The second-order valence-corrected chi connectivity index (χ2v) is 6.88. The molecule has 5 heteroatoms. The van der Waals surface area contributed by atoms with Crippen LogP contribution in [0.5, 0.6) is 0 Å². The Morgan fingerprint density at radius 3 is 2.71 bits per heavy atom. The predicted octanol–water partition coefficient (Wildman–Crippen LogP) is 3.95. The fourth-order valence-corrected chi connectivity index (χ4v) is 2.74. The molecule has 17 heavy (non-hydrogen) atoms. The molecular formula is C12H22ClN3S. The lowest BCUT2D eigenvalue weighted by molar-refractivity contribution is 0.373. The lowest BCUT2D eigenvalue weighted by Crippen LogP contribution is -2.20. The average Bonchev–Trinajstić information content (AvgIpc) is 2.61. The minimum atomic E-state index is 0.133. The molecule has 1 N–H and O–H groups in total. The molecule has 0 aliphatic rings. The summed E-state index contributed by atoms with van der Waals surface area (Å²) in [7, 11) is 0. The maximum absolute atomic E-state index is 6.28. The van der Waals surface area contributed by atoms with E-state index in [9.17, 15) is 0 Å². The molecule has 0 saturated heterocycles. The molecule has 1 unspecified atom stereocenters. The van der Waals surface area contributed by atoms with E-state index in [0.29, 0.717) is 0 Å². The quantitative estimate of drug-likeness (QED) is 0.799. The van der Waals surface area contributed by atoms with Gasteiger partial charge in [0.1, 0.15) is 5.82 Å². The van der Waals surface area contributed by atoms with Gasteiger partial charge in [-0.2, -0.15) is 4.37 Å². The van der Waals surface area contributed by atoms with Gasteiger partial charge < -0.3 is 5.32 Å². The van der Waals surface area contributed by atoms with Crippen LogP contribution in [0.15, 0.2) is 0 Å². The fraction of sp³-hybridized carbons (Fsp3) is 0.833. The first-order valence-corrected chi connectivity index (χ1v) is 7.32. The van der Waals surface area contributed by atoms with E-state index in [-0.39, 0.29) is 10.8 Å². The van der Waals surface area contributed by atoms with E-state index in [1.807, 2.05) is 0 Å². The van der Waals surface area contributed by atoms with Crippen LogP contribution in [0.2, 0.25) is 0 Å². The van der Waals surface area contributed by atoms with Crippen molar-refractivity contribution in [2.24, 2.45) is 5.41 Å². The summed E-state index contributed by atoms with van der Waals surface area (Å²) in [6.07, 6.45) is 3.02. The molecule has 1 aromatic heterocycles. The molecule has 0 aromatic carbocycles. The topological polar surface area (TPSA) is 37.8 Å². The van der Waals surface area contributed by atoms with E-state index in [4.69, 9.17) is 11.6 Å². The Labute approximate surface area is 113 Å². The molecule has 1 rings (SSSR count). The van der Waals surface area contributed by atoms with Crippen LogP contribution in [-0.4, -0.2) is 21.3 Å². The first-order valence-electron chi connectivity index (χ1n) is 6.11. The number of aryl methyl sites for hydroxylation is 1. The third-order valence-corrected chi connectivity index (χ3v) is 3.27. The molecule has 0 aliphatic carbocycles. The maximum atomic E-state index is 6.28. The molecule has 3 nitrogen and oxygen atoms in total. The summed E-state index contributed by atoms with van der Waals surface area (Å²) >= 11 is 7.70. The number of rotatable bonds is 6. The molecule has 0 bridgehead atoms. The monoisotopic (exact) mass is 275 g/mol. The lowest BCUT2D eigenvalue weighted by Gasteiger charge is -2.21. The summed E-state index contributed by atoms with van der Waals surface area (Å²) in [6, 6.07) is 0. The fourth-order valence-electron chi connectivity index (χ4n) is 1.59. The molecule has 98 valence electrons. The van der Waals surface area contributed by atoms with Crippen molar-refractivity contribution >= 4 is 28.3 Å². The van der Waals surface area contributed by atoms with Crippen LogP contribution in [0.4, 0.5) is 5.13 Å². The van der Waals surface area contributed by atoms with Crippen molar-refractivity contribution in [3.05, 3.63) is 5.82 Å². The standard InChI is InChI=1S/C12H22ClN3S/c1-5-6-10-15-11(17-16-10)14-8-9(13)7-12(2,3)4/h9H,5-8H2,1-4H3,(H,14,15,16). The van der Waals surface area contributed by atoms with Gasteiger partial charge in [-0.3, -0.25) is 0 Å². The number of alkyl halides is 1. The van der Waals surface area contributed by atoms with Crippen LogP contribution in [0, 0.1) is 5.41 Å². The van der Waals surface area contributed by atoms with Crippen LogP contribution in [0.25, 0.3) is 0 Å². The van der Waals surface area contributed by atoms with E-state index in [1.165, 1.54) is 11.5 Å². The van der Waals surface area contributed by atoms with Gasteiger partial charge in [-0.15, -0.1) is 11.6 Å². The number of hydrogen-bond donors (Lipinski definition) is 1. The second-order valence-electron chi connectivity index (χ2n) is 5.51. The van der Waals surface area contributed by atoms with E-state index < -0.39 is 0 Å². The minimum absolute atomic E-state index is 0.133. The van der Waals surface area contributed by atoms with Crippen molar-refractivity contribution in [3.8, 4) is 0 Å². The molecule has 1 aromatic rings. The third-order valence-electron chi connectivity index (χ3n) is 2.25. The largest absolute Gasteiger partial charge is 0.359 e. The van der Waals surface area contributed by atoms with Crippen molar-refractivity contribution < 1.29 is 0 Å². The Kier molecular flexibility index (Phi) is 5.67. The first-order chi connectivity index (χ1) is 7.90. The summed E-state index contributed by atoms with van der Waals surface area (Å²) in [5.41, 5.74) is 0.266. The van der Waals surface area contributed by atoms with Gasteiger partial charge in [-0.25, -0.2) is 4.98 Å². The zero-order valence-corrected chi connectivity index (χ0v) is 12.7. The normalized spacial score (nSPS) is 13.7. The van der Waals surface area contributed by atoms with Crippen molar-refractivity contribution in [1.29, 1.82) is 0 Å². The van der Waals surface area contributed by atoms with Crippen molar-refractivity contribution in [1.82, 2.24) is 9.36 Å². The molecule has 1 atom stereocenters. The summed E-state index contributed by atoms with van der Waals surface area (Å²) in [4.78, 5) is 4.41. The molecule has 0 aliphatic heterocycles. The highest BCUT2D eigenvalue weighted by molar-refractivity contribution is 7.09. The molecule has 0 fully saturated rings. The molecular weight excluding hydrogens is 254 g/mol. The van der Waals surface area contributed by atoms with Gasteiger partial charge in [0.05, 0.1) is 5.38 Å². The Morgan fingerprint density at radius 2 is 2.12 bits per heavy atom. The zero-order chi connectivity index (χ0) is 12.9. The molecule has 0 radical (unpaired) electrons. The average molecular weight is 276 g/mol. The van der Waals surface area contributed by atoms with E-state index in [2.05, 4.69) is 42.4 Å². The number of hydrogen-bond acceptors (Lipinski definition) is 4. The van der Waals surface area contributed by atoms with Crippen LogP contribution in [0.3, 0.4) is 0 Å². The van der Waals surface area contributed by atoms with Gasteiger partial charge in [0.15, 0.2) is 0 Å². The van der Waals surface area contributed by atoms with Gasteiger partial charge in [-0.05, 0) is 18.3 Å². The SMILES string of the molecule is CCCc1nsc(NCC(Cl)CC(C)(C)C)n1. The number of nitrogens with one attached hydrogen (secondary N) is 1. The first kappa shape index (κ1) is 14.7. The molecule has 1 heterocycles. The lowest BCUT2D eigenvalue weighted by atomic mass is 9.90. The van der Waals surface area contributed by atoms with E-state index >= 15 is 0 Å². The highest BCUT2D eigenvalue weighted by Crippen LogP contribution is 2.24. The Morgan fingerprint density at radius 1 is 1.41 bits per heavy atom.